The molecule has 0 spiro atoms. The molecule has 0 saturated carbocycles. The molecule has 0 saturated heterocycles. The van der Waals surface area contributed by atoms with Crippen molar-refractivity contribution < 1.29 is 19.1 Å². The summed E-state index contributed by atoms with van der Waals surface area (Å²) in [5.41, 5.74) is -0.254. The molecule has 0 aliphatic heterocycles. The number of rotatable bonds is 4. The SMILES string of the molecule is CCOC(=O)/C(C=Nc1cc2ccc3ccccc3c2oc1=O)=C(/C)O. The number of benzene rings is 2. The Balaban J connectivity index is 2.07. The summed E-state index contributed by atoms with van der Waals surface area (Å²) in [5.74, 6) is -0.962. The third-order valence-electron chi connectivity index (χ3n) is 3.82. The number of carbonyl (C=O) groups excluding carboxylic acids is 1. The zero-order chi connectivity index (χ0) is 18.7. The molecule has 1 heterocycles. The van der Waals surface area contributed by atoms with Crippen molar-refractivity contribution in [3.63, 3.8) is 0 Å². The Labute approximate surface area is 149 Å². The number of fused-ring (bicyclic) bond motifs is 3. The van der Waals surface area contributed by atoms with Crippen LogP contribution in [0.25, 0.3) is 21.7 Å². The average Bonchev–Trinajstić information content (AvgIpc) is 2.62. The van der Waals surface area contributed by atoms with Crippen LogP contribution in [0.1, 0.15) is 13.8 Å². The molecule has 26 heavy (non-hydrogen) atoms. The van der Waals surface area contributed by atoms with Gasteiger partial charge in [0.05, 0.1) is 6.61 Å². The summed E-state index contributed by atoms with van der Waals surface area (Å²) in [6, 6.07) is 12.9. The lowest BCUT2D eigenvalue weighted by Crippen LogP contribution is -2.11. The normalized spacial score (nSPS) is 12.5. The fraction of sp³-hybridized carbons (Fsp3) is 0.150. The van der Waals surface area contributed by atoms with Crippen molar-refractivity contribution in [1.29, 1.82) is 0 Å². The number of allylic oxidation sites excluding steroid dienone is 1. The van der Waals surface area contributed by atoms with E-state index in [2.05, 4.69) is 4.99 Å². The van der Waals surface area contributed by atoms with E-state index >= 15 is 0 Å². The van der Waals surface area contributed by atoms with E-state index in [1.807, 2.05) is 36.4 Å². The molecule has 132 valence electrons. The third-order valence-corrected chi connectivity index (χ3v) is 3.82. The minimum absolute atomic E-state index is 0.0239. The van der Waals surface area contributed by atoms with Gasteiger partial charge in [-0.2, -0.15) is 0 Å². The van der Waals surface area contributed by atoms with Gasteiger partial charge >= 0.3 is 11.6 Å². The van der Waals surface area contributed by atoms with Crippen molar-refractivity contribution in [2.75, 3.05) is 6.61 Å². The number of carbonyl (C=O) groups is 1. The Morgan fingerprint density at radius 3 is 2.69 bits per heavy atom. The van der Waals surface area contributed by atoms with E-state index in [-0.39, 0.29) is 23.6 Å². The van der Waals surface area contributed by atoms with Crippen LogP contribution in [0.15, 0.2) is 68.0 Å². The number of aliphatic hydroxyl groups is 1. The van der Waals surface area contributed by atoms with Gasteiger partial charge in [-0.05, 0) is 25.3 Å². The molecule has 0 radical (unpaired) electrons. The van der Waals surface area contributed by atoms with E-state index in [0.29, 0.717) is 11.0 Å². The number of hydrogen-bond donors (Lipinski definition) is 1. The number of esters is 1. The van der Waals surface area contributed by atoms with Crippen LogP contribution in [0.2, 0.25) is 0 Å². The van der Waals surface area contributed by atoms with Crippen molar-refractivity contribution >= 4 is 39.6 Å². The van der Waals surface area contributed by atoms with Crippen LogP contribution in [-0.2, 0) is 9.53 Å². The zero-order valence-corrected chi connectivity index (χ0v) is 14.4. The molecule has 2 aromatic carbocycles. The van der Waals surface area contributed by atoms with Gasteiger partial charge in [0, 0.05) is 17.0 Å². The van der Waals surface area contributed by atoms with Crippen LogP contribution in [0.5, 0.6) is 0 Å². The van der Waals surface area contributed by atoms with Gasteiger partial charge in [-0.25, -0.2) is 14.6 Å². The van der Waals surface area contributed by atoms with Gasteiger partial charge in [0.1, 0.15) is 22.6 Å². The van der Waals surface area contributed by atoms with E-state index in [4.69, 9.17) is 9.15 Å². The van der Waals surface area contributed by atoms with Gasteiger partial charge in [-0.15, -0.1) is 0 Å². The second-order valence-electron chi connectivity index (χ2n) is 5.60. The summed E-state index contributed by atoms with van der Waals surface area (Å²) in [5, 5.41) is 12.1. The number of ether oxygens (including phenoxy) is 1. The molecule has 0 aliphatic rings. The van der Waals surface area contributed by atoms with Crippen LogP contribution in [-0.4, -0.2) is 23.9 Å². The Kier molecular flexibility index (Phi) is 4.84. The molecule has 1 aromatic heterocycles. The first-order valence-corrected chi connectivity index (χ1v) is 8.08. The van der Waals surface area contributed by atoms with E-state index < -0.39 is 11.6 Å². The van der Waals surface area contributed by atoms with Crippen molar-refractivity contribution in [2.24, 2.45) is 4.99 Å². The Morgan fingerprint density at radius 2 is 1.96 bits per heavy atom. The largest absolute Gasteiger partial charge is 0.512 e. The molecular weight excluding hydrogens is 334 g/mol. The van der Waals surface area contributed by atoms with Gasteiger partial charge in [-0.1, -0.05) is 36.4 Å². The maximum atomic E-state index is 12.3. The van der Waals surface area contributed by atoms with E-state index in [0.717, 1.165) is 17.0 Å². The summed E-state index contributed by atoms with van der Waals surface area (Å²) in [7, 11) is 0. The van der Waals surface area contributed by atoms with Gasteiger partial charge in [0.25, 0.3) is 0 Å². The highest BCUT2D eigenvalue weighted by Crippen LogP contribution is 2.26. The minimum Gasteiger partial charge on any atom is -0.512 e. The van der Waals surface area contributed by atoms with Crippen molar-refractivity contribution in [1.82, 2.24) is 0 Å². The number of aliphatic imine (C=N–C) groups is 1. The molecule has 0 amide bonds. The maximum Gasteiger partial charge on any atom is 0.362 e. The maximum absolute atomic E-state index is 12.3. The van der Waals surface area contributed by atoms with E-state index in [1.165, 1.54) is 6.92 Å². The molecule has 0 bridgehead atoms. The molecule has 6 nitrogen and oxygen atoms in total. The lowest BCUT2D eigenvalue weighted by molar-refractivity contribution is -0.138. The standard InChI is InChI=1S/C20H17NO5/c1-3-25-19(23)16(12(2)22)11-21-17-10-14-9-8-13-6-4-5-7-15(13)18(14)26-20(17)24/h4-11,22H,3H2,1-2H3/b16-12-,21-11?. The molecule has 0 atom stereocenters. The van der Waals surface area contributed by atoms with E-state index in [9.17, 15) is 14.7 Å². The fourth-order valence-corrected chi connectivity index (χ4v) is 2.57. The Hall–Kier alpha value is -3.41. The summed E-state index contributed by atoms with van der Waals surface area (Å²) < 4.78 is 10.3. The highest BCUT2D eigenvalue weighted by atomic mass is 16.5. The molecule has 0 fully saturated rings. The van der Waals surface area contributed by atoms with Crippen molar-refractivity contribution in [3.8, 4) is 0 Å². The van der Waals surface area contributed by atoms with Gasteiger partial charge < -0.3 is 14.3 Å². The van der Waals surface area contributed by atoms with Crippen LogP contribution < -0.4 is 5.63 Å². The smallest absolute Gasteiger partial charge is 0.362 e. The van der Waals surface area contributed by atoms with Crippen LogP contribution >= 0.6 is 0 Å². The summed E-state index contributed by atoms with van der Waals surface area (Å²) in [6.07, 6.45) is 1.10. The first-order chi connectivity index (χ1) is 12.5. The number of nitrogens with zero attached hydrogens (tertiary/aromatic N) is 1. The molecule has 3 aromatic rings. The summed E-state index contributed by atoms with van der Waals surface area (Å²) in [6.45, 7) is 3.16. The monoisotopic (exact) mass is 351 g/mol. The lowest BCUT2D eigenvalue weighted by Gasteiger charge is -2.04. The second kappa shape index (κ2) is 7.23. The topological polar surface area (TPSA) is 89.1 Å². The summed E-state index contributed by atoms with van der Waals surface area (Å²) in [4.78, 5) is 28.1. The van der Waals surface area contributed by atoms with Crippen molar-refractivity contribution in [2.45, 2.75) is 13.8 Å². The predicted octanol–water partition coefficient (Wildman–Crippen LogP) is 4.04. The quantitative estimate of drug-likeness (QED) is 0.191. The van der Waals surface area contributed by atoms with Crippen LogP contribution in [0.3, 0.4) is 0 Å². The van der Waals surface area contributed by atoms with Gasteiger partial charge in [0.15, 0.2) is 0 Å². The number of hydrogen-bond acceptors (Lipinski definition) is 6. The van der Waals surface area contributed by atoms with Crippen LogP contribution in [0, 0.1) is 0 Å². The second-order valence-corrected chi connectivity index (χ2v) is 5.60. The summed E-state index contributed by atoms with van der Waals surface area (Å²) >= 11 is 0. The molecule has 6 heteroatoms. The van der Waals surface area contributed by atoms with Gasteiger partial charge in [0.2, 0.25) is 0 Å². The zero-order valence-electron chi connectivity index (χ0n) is 14.4. The first kappa shape index (κ1) is 17.4. The Bertz CT molecular complexity index is 1100. The first-order valence-electron chi connectivity index (χ1n) is 8.08. The Morgan fingerprint density at radius 1 is 1.23 bits per heavy atom. The molecule has 0 unspecified atom stereocenters. The molecular formula is C20H17NO5. The molecule has 3 rings (SSSR count). The highest BCUT2D eigenvalue weighted by molar-refractivity contribution is 6.10. The fourth-order valence-electron chi connectivity index (χ4n) is 2.57. The predicted molar refractivity (Wildman–Crippen MR) is 100 cm³/mol. The van der Waals surface area contributed by atoms with E-state index in [1.54, 1.807) is 13.0 Å². The van der Waals surface area contributed by atoms with Gasteiger partial charge in [-0.3, -0.25) is 0 Å². The average molecular weight is 351 g/mol. The highest BCUT2D eigenvalue weighted by Gasteiger charge is 2.13. The lowest BCUT2D eigenvalue weighted by atomic mass is 10.1. The van der Waals surface area contributed by atoms with Crippen molar-refractivity contribution in [3.05, 3.63) is 64.2 Å². The molecule has 1 N–H and O–H groups in total. The van der Waals surface area contributed by atoms with Crippen LogP contribution in [0.4, 0.5) is 5.69 Å². The number of aliphatic hydroxyl groups excluding tert-OH is 1. The third kappa shape index (κ3) is 3.35. The molecule has 0 aliphatic carbocycles. The minimum atomic E-state index is -0.715.